The fraction of sp³-hybridized carbons (Fsp3) is 0.577. The molecule has 1 aromatic rings. The van der Waals surface area contributed by atoms with Gasteiger partial charge in [-0.1, -0.05) is 42.5 Å². The first-order valence-electron chi connectivity index (χ1n) is 11.2. The van der Waals surface area contributed by atoms with Gasteiger partial charge < -0.3 is 19.3 Å². The van der Waals surface area contributed by atoms with E-state index in [0.717, 1.165) is 49.8 Å². The quantitative estimate of drug-likeness (QED) is 0.240. The van der Waals surface area contributed by atoms with Crippen molar-refractivity contribution in [3.63, 3.8) is 0 Å². The molecule has 0 radical (unpaired) electrons. The van der Waals surface area contributed by atoms with Crippen molar-refractivity contribution in [2.45, 2.75) is 71.2 Å². The molecule has 31 heavy (non-hydrogen) atoms. The van der Waals surface area contributed by atoms with Crippen molar-refractivity contribution in [2.24, 2.45) is 11.8 Å². The van der Waals surface area contributed by atoms with Crippen LogP contribution in [0, 0.1) is 23.7 Å². The van der Waals surface area contributed by atoms with Crippen LogP contribution in [0.1, 0.15) is 57.9 Å². The Labute approximate surface area is 186 Å². The lowest BCUT2D eigenvalue weighted by Crippen LogP contribution is -2.21. The predicted molar refractivity (Wildman–Crippen MR) is 121 cm³/mol. The molecule has 1 N–H and O–H groups in total. The summed E-state index contributed by atoms with van der Waals surface area (Å²) in [6, 6.07) is 7.96. The molecule has 0 bridgehead atoms. The van der Waals surface area contributed by atoms with Crippen molar-refractivity contribution in [1.29, 1.82) is 0 Å². The number of hydrogen-bond acceptors (Lipinski definition) is 5. The summed E-state index contributed by atoms with van der Waals surface area (Å²) in [5.41, 5.74) is 1.15. The van der Waals surface area contributed by atoms with E-state index in [2.05, 4.69) is 30.9 Å². The summed E-state index contributed by atoms with van der Waals surface area (Å²) in [6.45, 7) is 4.12. The number of methoxy groups -OCH3 is 1. The molecule has 1 fully saturated rings. The number of hydrogen-bond donors (Lipinski definition) is 1. The molecule has 0 aliphatic heterocycles. The molecule has 0 heterocycles. The maximum absolute atomic E-state index is 10.8. The highest BCUT2D eigenvalue weighted by molar-refractivity contribution is 5.66. The third kappa shape index (κ3) is 9.59. The molecule has 1 aromatic carbocycles. The Morgan fingerprint density at radius 1 is 1.29 bits per heavy atom. The van der Waals surface area contributed by atoms with Crippen molar-refractivity contribution in [1.82, 2.24) is 0 Å². The first-order chi connectivity index (χ1) is 15.0. The average Bonchev–Trinajstić information content (AvgIpc) is 3.23. The summed E-state index contributed by atoms with van der Waals surface area (Å²) in [4.78, 5) is 10.8. The van der Waals surface area contributed by atoms with E-state index < -0.39 is 6.10 Å². The van der Waals surface area contributed by atoms with Crippen molar-refractivity contribution in [2.75, 3.05) is 13.7 Å². The zero-order valence-corrected chi connectivity index (χ0v) is 19.0. The number of allylic oxidation sites excluding steroid dienone is 2. The summed E-state index contributed by atoms with van der Waals surface area (Å²) < 4.78 is 15.9. The van der Waals surface area contributed by atoms with Crippen molar-refractivity contribution < 1.29 is 24.1 Å². The number of aliphatic hydroxyl groups excluding tert-OH is 1. The maximum Gasteiger partial charge on any atom is 0.303 e. The van der Waals surface area contributed by atoms with E-state index >= 15 is 0 Å². The average molecular weight is 429 g/mol. The highest BCUT2D eigenvalue weighted by atomic mass is 16.5. The van der Waals surface area contributed by atoms with E-state index in [0.29, 0.717) is 12.5 Å². The van der Waals surface area contributed by atoms with Gasteiger partial charge in [-0.15, -0.1) is 0 Å². The molecule has 4 atom stereocenters. The molecule has 1 unspecified atom stereocenters. The molecule has 0 amide bonds. The Morgan fingerprint density at radius 2 is 2.06 bits per heavy atom. The lowest BCUT2D eigenvalue weighted by Gasteiger charge is -2.18. The molecule has 1 saturated carbocycles. The van der Waals surface area contributed by atoms with Crippen LogP contribution in [0.25, 0.3) is 0 Å². The summed E-state index contributed by atoms with van der Waals surface area (Å²) in [5.74, 6) is 6.60. The molecule has 1 aliphatic carbocycles. The van der Waals surface area contributed by atoms with E-state index in [1.807, 2.05) is 24.3 Å². The molecular weight excluding hydrogens is 392 g/mol. The SMILES string of the molecule is COc1ccc(CO[C@@H](C)CCC/C=C/[C@@H]2CCC[C@H]2C(O)C#CCOC(C)=O)cc1. The summed E-state index contributed by atoms with van der Waals surface area (Å²) in [7, 11) is 1.67. The van der Waals surface area contributed by atoms with Crippen LogP contribution in [0.15, 0.2) is 36.4 Å². The molecule has 1 aliphatic rings. The number of carbonyl (C=O) groups excluding carboxylic acids is 1. The lowest BCUT2D eigenvalue weighted by atomic mass is 9.90. The standard InChI is InChI=1S/C26H36O5/c1-20(31-19-22-14-16-24(29-3)17-15-22)9-5-4-6-10-23-11-7-12-25(23)26(28)13-8-18-30-21(2)27/h6,10,14-17,20,23,25-26,28H,4-5,7,9,11-12,18-19H2,1-3H3/b10-6+/t20-,23+,25+,26?/m0/s1. The molecule has 2 rings (SSSR count). The predicted octanol–water partition coefficient (Wildman–Crippen LogP) is 4.67. The fourth-order valence-electron chi connectivity index (χ4n) is 3.88. The molecular formula is C26H36O5. The van der Waals surface area contributed by atoms with E-state index in [1.54, 1.807) is 7.11 Å². The van der Waals surface area contributed by atoms with Crippen molar-refractivity contribution in [3.8, 4) is 17.6 Å². The zero-order chi connectivity index (χ0) is 22.5. The van der Waals surface area contributed by atoms with Gasteiger partial charge in [-0.2, -0.15) is 0 Å². The largest absolute Gasteiger partial charge is 0.497 e. The lowest BCUT2D eigenvalue weighted by molar-refractivity contribution is -0.139. The van der Waals surface area contributed by atoms with Gasteiger partial charge in [0, 0.05) is 12.8 Å². The van der Waals surface area contributed by atoms with Crippen LogP contribution < -0.4 is 4.74 Å². The van der Waals surface area contributed by atoms with E-state index in [-0.39, 0.29) is 24.6 Å². The van der Waals surface area contributed by atoms with Crippen LogP contribution in [0.4, 0.5) is 0 Å². The maximum atomic E-state index is 10.8. The van der Waals surface area contributed by atoms with Gasteiger partial charge in [0.05, 0.1) is 19.8 Å². The second kappa shape index (κ2) is 13.9. The first kappa shape index (κ1) is 25.0. The van der Waals surface area contributed by atoms with E-state index in [4.69, 9.17) is 14.2 Å². The minimum Gasteiger partial charge on any atom is -0.497 e. The highest BCUT2D eigenvalue weighted by Crippen LogP contribution is 2.35. The molecule has 5 nitrogen and oxygen atoms in total. The Kier molecular flexibility index (Phi) is 11.2. The highest BCUT2D eigenvalue weighted by Gasteiger charge is 2.30. The van der Waals surface area contributed by atoms with Gasteiger partial charge in [-0.25, -0.2) is 0 Å². The van der Waals surface area contributed by atoms with E-state index in [1.165, 1.54) is 6.92 Å². The van der Waals surface area contributed by atoms with Gasteiger partial charge in [0.15, 0.2) is 6.61 Å². The van der Waals surface area contributed by atoms with Gasteiger partial charge in [0.25, 0.3) is 0 Å². The third-order valence-corrected chi connectivity index (χ3v) is 5.69. The molecule has 170 valence electrons. The monoisotopic (exact) mass is 428 g/mol. The number of aliphatic hydroxyl groups is 1. The number of carbonyl (C=O) groups is 1. The summed E-state index contributed by atoms with van der Waals surface area (Å²) in [6.07, 6.45) is 10.3. The third-order valence-electron chi connectivity index (χ3n) is 5.69. The number of benzene rings is 1. The molecule has 5 heteroatoms. The van der Waals surface area contributed by atoms with Gasteiger partial charge in [-0.05, 0) is 62.6 Å². The number of ether oxygens (including phenoxy) is 3. The number of esters is 1. The second-order valence-electron chi connectivity index (χ2n) is 8.13. The van der Waals surface area contributed by atoms with Crippen LogP contribution in [0.3, 0.4) is 0 Å². The minimum absolute atomic E-state index is 0.0400. The molecule has 0 aromatic heterocycles. The van der Waals surface area contributed by atoms with E-state index in [9.17, 15) is 9.90 Å². The van der Waals surface area contributed by atoms with Gasteiger partial charge in [-0.3, -0.25) is 4.79 Å². The van der Waals surface area contributed by atoms with Gasteiger partial charge in [0.2, 0.25) is 0 Å². The van der Waals surface area contributed by atoms with Crippen LogP contribution in [0.2, 0.25) is 0 Å². The first-order valence-corrected chi connectivity index (χ1v) is 11.2. The van der Waals surface area contributed by atoms with Crippen molar-refractivity contribution >= 4 is 5.97 Å². The zero-order valence-electron chi connectivity index (χ0n) is 19.0. The van der Waals surface area contributed by atoms with Crippen LogP contribution in [-0.2, 0) is 20.9 Å². The Hall–Kier alpha value is -2.29. The minimum atomic E-state index is -0.668. The molecule has 0 spiro atoms. The van der Waals surface area contributed by atoms with Crippen LogP contribution >= 0.6 is 0 Å². The van der Waals surface area contributed by atoms with Crippen molar-refractivity contribution in [3.05, 3.63) is 42.0 Å². The summed E-state index contributed by atoms with van der Waals surface area (Å²) in [5, 5.41) is 10.4. The topological polar surface area (TPSA) is 65.0 Å². The number of unbranched alkanes of at least 4 members (excludes halogenated alkanes) is 1. The second-order valence-corrected chi connectivity index (χ2v) is 8.13. The van der Waals surface area contributed by atoms with Crippen LogP contribution in [0.5, 0.6) is 5.75 Å². The van der Waals surface area contributed by atoms with Gasteiger partial charge >= 0.3 is 5.97 Å². The van der Waals surface area contributed by atoms with Gasteiger partial charge in [0.1, 0.15) is 11.9 Å². The Balaban J connectivity index is 1.64. The normalized spacial score (nSPS) is 20.1. The van der Waals surface area contributed by atoms with Crippen LogP contribution in [-0.4, -0.2) is 37.0 Å². The summed E-state index contributed by atoms with van der Waals surface area (Å²) >= 11 is 0. The fourth-order valence-corrected chi connectivity index (χ4v) is 3.88. The number of rotatable bonds is 11. The molecule has 0 saturated heterocycles. The Bertz CT molecular complexity index is 743. The Morgan fingerprint density at radius 3 is 2.77 bits per heavy atom. The smallest absolute Gasteiger partial charge is 0.303 e.